The second-order valence-corrected chi connectivity index (χ2v) is 4.69. The number of nitrogens with one attached hydrogen (secondary N) is 1. The van der Waals surface area contributed by atoms with Crippen molar-refractivity contribution in [2.45, 2.75) is 13.3 Å². The first-order valence-corrected chi connectivity index (χ1v) is 6.59. The molecule has 2 aromatic rings. The van der Waals surface area contributed by atoms with Gasteiger partial charge in [-0.15, -0.1) is 0 Å². The van der Waals surface area contributed by atoms with E-state index in [2.05, 4.69) is 10.3 Å². The van der Waals surface area contributed by atoms with E-state index < -0.39 is 5.97 Å². The van der Waals surface area contributed by atoms with Crippen LogP contribution in [-0.4, -0.2) is 28.5 Å². The van der Waals surface area contributed by atoms with E-state index in [0.29, 0.717) is 18.5 Å². The third-order valence-electron chi connectivity index (χ3n) is 3.06. The average Bonchev–Trinajstić information content (AvgIpc) is 2.47. The summed E-state index contributed by atoms with van der Waals surface area (Å²) < 4.78 is 0. The number of pyridine rings is 1. The molecule has 1 amide bonds. The van der Waals surface area contributed by atoms with Crippen molar-refractivity contribution in [1.82, 2.24) is 10.3 Å². The molecule has 0 saturated carbocycles. The number of hydrogen-bond acceptors (Lipinski definition) is 3. The highest BCUT2D eigenvalue weighted by Gasteiger charge is 2.06. The van der Waals surface area contributed by atoms with E-state index in [0.717, 1.165) is 11.3 Å². The monoisotopic (exact) mass is 284 g/mol. The van der Waals surface area contributed by atoms with Crippen LogP contribution in [0.2, 0.25) is 0 Å². The summed E-state index contributed by atoms with van der Waals surface area (Å²) in [7, 11) is 0. The van der Waals surface area contributed by atoms with Crippen molar-refractivity contribution >= 4 is 11.9 Å². The number of nitrogens with zero attached hydrogens (tertiary/aromatic N) is 1. The highest BCUT2D eigenvalue weighted by Crippen LogP contribution is 2.05. The first kappa shape index (κ1) is 14.7. The van der Waals surface area contributed by atoms with Gasteiger partial charge in [0.15, 0.2) is 0 Å². The van der Waals surface area contributed by atoms with Gasteiger partial charge in [0.1, 0.15) is 0 Å². The molecule has 0 aliphatic heterocycles. The minimum absolute atomic E-state index is 0.136. The second kappa shape index (κ2) is 6.65. The molecule has 0 atom stereocenters. The summed E-state index contributed by atoms with van der Waals surface area (Å²) in [5.41, 5.74) is 2.62. The van der Waals surface area contributed by atoms with Crippen molar-refractivity contribution in [2.24, 2.45) is 0 Å². The molecular formula is C16H16N2O3. The molecule has 0 spiro atoms. The van der Waals surface area contributed by atoms with Crippen molar-refractivity contribution in [3.63, 3.8) is 0 Å². The summed E-state index contributed by atoms with van der Waals surface area (Å²) in [5.74, 6) is -1.08. The van der Waals surface area contributed by atoms with Crippen LogP contribution in [0.1, 0.15) is 32.0 Å². The van der Waals surface area contributed by atoms with Gasteiger partial charge in [0.2, 0.25) is 0 Å². The van der Waals surface area contributed by atoms with Crippen LogP contribution >= 0.6 is 0 Å². The van der Waals surface area contributed by atoms with Crippen molar-refractivity contribution in [1.29, 1.82) is 0 Å². The molecule has 0 radical (unpaired) electrons. The normalized spacial score (nSPS) is 10.1. The van der Waals surface area contributed by atoms with Gasteiger partial charge < -0.3 is 10.4 Å². The van der Waals surface area contributed by atoms with Crippen LogP contribution in [0.15, 0.2) is 42.6 Å². The number of carboxylic acid groups (broad SMARTS) is 1. The summed E-state index contributed by atoms with van der Waals surface area (Å²) in [6, 6.07) is 10.0. The fourth-order valence-electron chi connectivity index (χ4n) is 1.92. The number of amides is 1. The van der Waals surface area contributed by atoms with Crippen molar-refractivity contribution < 1.29 is 14.7 Å². The summed E-state index contributed by atoms with van der Waals surface area (Å²) in [4.78, 5) is 26.7. The molecule has 1 aromatic carbocycles. The maximum Gasteiger partial charge on any atom is 0.335 e. The Bertz CT molecular complexity index is 651. The fraction of sp³-hybridized carbons (Fsp3) is 0.188. The molecule has 108 valence electrons. The van der Waals surface area contributed by atoms with E-state index in [1.165, 1.54) is 0 Å². The number of carbonyl (C=O) groups excluding carboxylic acids is 1. The lowest BCUT2D eigenvalue weighted by Crippen LogP contribution is -2.25. The van der Waals surface area contributed by atoms with E-state index in [-0.39, 0.29) is 11.5 Å². The Hall–Kier alpha value is -2.69. The van der Waals surface area contributed by atoms with Gasteiger partial charge >= 0.3 is 5.97 Å². The van der Waals surface area contributed by atoms with Gasteiger partial charge in [-0.1, -0.05) is 12.1 Å². The number of carbonyl (C=O) groups is 2. The highest BCUT2D eigenvalue weighted by atomic mass is 16.4. The molecule has 0 unspecified atom stereocenters. The smallest absolute Gasteiger partial charge is 0.335 e. The molecule has 2 N–H and O–H groups in total. The number of benzene rings is 1. The Morgan fingerprint density at radius 1 is 1.14 bits per heavy atom. The zero-order chi connectivity index (χ0) is 15.2. The molecule has 1 aromatic heterocycles. The molecule has 1 heterocycles. The Morgan fingerprint density at radius 2 is 1.86 bits per heavy atom. The standard InChI is InChI=1S/C16H16N2O3/c1-11-10-14(7-9-17-11)15(19)18-8-6-12-2-4-13(5-3-12)16(20)21/h2-5,7,9-10H,6,8H2,1H3,(H,18,19)(H,20,21). The third kappa shape index (κ3) is 4.14. The lowest BCUT2D eigenvalue weighted by atomic mass is 10.1. The van der Waals surface area contributed by atoms with E-state index in [9.17, 15) is 9.59 Å². The van der Waals surface area contributed by atoms with Gasteiger partial charge in [0, 0.05) is 24.0 Å². The van der Waals surface area contributed by atoms with Gasteiger partial charge in [-0.05, 0) is 43.2 Å². The molecule has 21 heavy (non-hydrogen) atoms. The number of aromatic carboxylic acids is 1. The second-order valence-electron chi connectivity index (χ2n) is 4.69. The molecule has 5 nitrogen and oxygen atoms in total. The molecule has 2 rings (SSSR count). The van der Waals surface area contributed by atoms with Crippen LogP contribution in [-0.2, 0) is 6.42 Å². The van der Waals surface area contributed by atoms with Crippen LogP contribution in [0, 0.1) is 6.92 Å². The highest BCUT2D eigenvalue weighted by molar-refractivity contribution is 5.94. The largest absolute Gasteiger partial charge is 0.478 e. The van der Waals surface area contributed by atoms with Gasteiger partial charge in [-0.25, -0.2) is 4.79 Å². The Morgan fingerprint density at radius 3 is 2.48 bits per heavy atom. The molecule has 5 heteroatoms. The zero-order valence-electron chi connectivity index (χ0n) is 11.7. The minimum Gasteiger partial charge on any atom is -0.478 e. The molecule has 0 saturated heterocycles. The van der Waals surface area contributed by atoms with Crippen LogP contribution in [0.4, 0.5) is 0 Å². The zero-order valence-corrected chi connectivity index (χ0v) is 11.7. The van der Waals surface area contributed by atoms with Gasteiger partial charge in [0.25, 0.3) is 5.91 Å². The maximum absolute atomic E-state index is 11.9. The SMILES string of the molecule is Cc1cc(C(=O)NCCc2ccc(C(=O)O)cc2)ccn1. The number of aryl methyl sites for hydroxylation is 1. The van der Waals surface area contributed by atoms with Crippen LogP contribution < -0.4 is 5.32 Å². The maximum atomic E-state index is 11.9. The van der Waals surface area contributed by atoms with E-state index >= 15 is 0 Å². The van der Waals surface area contributed by atoms with Crippen molar-refractivity contribution in [2.75, 3.05) is 6.54 Å². The summed E-state index contributed by atoms with van der Waals surface area (Å²) in [6.07, 6.45) is 2.25. The minimum atomic E-state index is -0.942. The Kier molecular flexibility index (Phi) is 4.66. The fourth-order valence-corrected chi connectivity index (χ4v) is 1.92. The lowest BCUT2D eigenvalue weighted by Gasteiger charge is -2.06. The first-order chi connectivity index (χ1) is 10.1. The van der Waals surface area contributed by atoms with Crippen LogP contribution in [0.25, 0.3) is 0 Å². The number of hydrogen-bond donors (Lipinski definition) is 2. The predicted octanol–water partition coefficient (Wildman–Crippen LogP) is 2.06. The van der Waals surface area contributed by atoms with Crippen molar-refractivity contribution in [3.8, 4) is 0 Å². The van der Waals surface area contributed by atoms with Gasteiger partial charge in [0.05, 0.1) is 5.56 Å². The quantitative estimate of drug-likeness (QED) is 0.880. The van der Waals surface area contributed by atoms with Crippen LogP contribution in [0.5, 0.6) is 0 Å². The number of aromatic nitrogens is 1. The first-order valence-electron chi connectivity index (χ1n) is 6.59. The van der Waals surface area contributed by atoms with Gasteiger partial charge in [-0.2, -0.15) is 0 Å². The average molecular weight is 284 g/mol. The number of rotatable bonds is 5. The van der Waals surface area contributed by atoms with E-state index in [1.807, 2.05) is 6.92 Å². The van der Waals surface area contributed by atoms with E-state index in [4.69, 9.17) is 5.11 Å². The van der Waals surface area contributed by atoms with Crippen molar-refractivity contribution in [3.05, 3.63) is 65.0 Å². The molecule has 0 fully saturated rings. The molecule has 0 aliphatic rings. The summed E-state index contributed by atoms with van der Waals surface area (Å²) in [6.45, 7) is 2.33. The summed E-state index contributed by atoms with van der Waals surface area (Å²) in [5, 5.41) is 11.6. The Balaban J connectivity index is 1.86. The third-order valence-corrected chi connectivity index (χ3v) is 3.06. The topological polar surface area (TPSA) is 79.3 Å². The Labute approximate surface area is 122 Å². The summed E-state index contributed by atoms with van der Waals surface area (Å²) >= 11 is 0. The lowest BCUT2D eigenvalue weighted by molar-refractivity contribution is 0.0696. The molecule has 0 aliphatic carbocycles. The molecule has 0 bridgehead atoms. The number of carboxylic acids is 1. The van der Waals surface area contributed by atoms with Crippen LogP contribution in [0.3, 0.4) is 0 Å². The molecular weight excluding hydrogens is 268 g/mol. The van der Waals surface area contributed by atoms with E-state index in [1.54, 1.807) is 42.6 Å². The van der Waals surface area contributed by atoms with Gasteiger partial charge in [-0.3, -0.25) is 9.78 Å². The predicted molar refractivity (Wildman–Crippen MR) is 78.4 cm³/mol.